The Morgan fingerprint density at radius 2 is 1.57 bits per heavy atom. The van der Waals surface area contributed by atoms with Gasteiger partial charge in [-0.2, -0.15) is 0 Å². The summed E-state index contributed by atoms with van der Waals surface area (Å²) in [6.45, 7) is 13.0. The van der Waals surface area contributed by atoms with Crippen molar-refractivity contribution in [1.29, 1.82) is 0 Å². The number of ketones is 2. The number of carbonyl (C=O) groups is 3. The summed E-state index contributed by atoms with van der Waals surface area (Å²) in [5.41, 5.74) is 7.95. The molecule has 2 aromatic heterocycles. The predicted octanol–water partition coefficient (Wildman–Crippen LogP) is 7.29. The number of pyridine rings is 1. The maximum absolute atomic E-state index is 13.1. The third-order valence-corrected chi connectivity index (χ3v) is 7.32. The molecule has 0 saturated heterocycles. The molecule has 0 saturated carbocycles. The number of carbonyl (C=O) groups excluding carboxylic acids is 3. The van der Waals surface area contributed by atoms with Crippen molar-refractivity contribution in [2.75, 3.05) is 12.3 Å². The normalized spacial score (nSPS) is 12.7. The molecule has 0 spiro atoms. The number of nitrogen functional groups attached to an aromatic ring is 1. The summed E-state index contributed by atoms with van der Waals surface area (Å²) in [5, 5.41) is 1.06. The van der Waals surface area contributed by atoms with E-state index in [2.05, 4.69) is 21.0 Å². The smallest absolute Gasteiger partial charge is 0.306 e. The number of unbranched alkanes of at least 4 members (excludes halogenated alkanes) is 3. The minimum atomic E-state index is -0.692. The molecule has 3 rings (SSSR count). The van der Waals surface area contributed by atoms with Crippen LogP contribution in [0.2, 0.25) is 0 Å². The number of esters is 1. The molecule has 42 heavy (non-hydrogen) atoms. The number of Topliss-reactive ketones (excluding diaryl/α,β-unsaturated/α-hetero) is 2. The summed E-state index contributed by atoms with van der Waals surface area (Å²) in [6.07, 6.45) is 7.17. The van der Waals surface area contributed by atoms with Crippen LogP contribution in [0.4, 0.5) is 5.69 Å². The summed E-state index contributed by atoms with van der Waals surface area (Å²) in [7, 11) is 0. The molecule has 0 aliphatic rings. The number of para-hydroxylation sites is 1. The largest absolute Gasteiger partial charge is 0.466 e. The van der Waals surface area contributed by atoms with E-state index in [1.54, 1.807) is 0 Å². The van der Waals surface area contributed by atoms with Gasteiger partial charge in [0, 0.05) is 22.4 Å². The molecule has 0 aliphatic heterocycles. The minimum absolute atomic E-state index is 0.0237. The van der Waals surface area contributed by atoms with Gasteiger partial charge in [0.05, 0.1) is 29.9 Å². The summed E-state index contributed by atoms with van der Waals surface area (Å²) in [5.74, 6) is -0.554. The van der Waals surface area contributed by atoms with E-state index in [9.17, 15) is 14.4 Å². The molecule has 2 N–H and O–H groups in total. The molecular weight excluding hydrogens is 528 g/mol. The lowest BCUT2D eigenvalue weighted by molar-refractivity contribution is -0.143. The number of nitrogens with two attached hydrogens (primary N) is 1. The van der Waals surface area contributed by atoms with Crippen LogP contribution in [0, 0.1) is 10.8 Å². The van der Waals surface area contributed by atoms with Crippen molar-refractivity contribution in [2.24, 2.45) is 10.8 Å². The van der Waals surface area contributed by atoms with E-state index in [0.29, 0.717) is 25.1 Å². The molecule has 1 atom stereocenters. The molecule has 0 amide bonds. The van der Waals surface area contributed by atoms with Gasteiger partial charge in [0.25, 0.3) is 0 Å². The van der Waals surface area contributed by atoms with E-state index >= 15 is 0 Å². The molecular formula is C34H46N4O4. The van der Waals surface area contributed by atoms with Crippen molar-refractivity contribution in [2.45, 2.75) is 99.3 Å². The van der Waals surface area contributed by atoms with Crippen molar-refractivity contribution in [3.05, 3.63) is 59.3 Å². The first-order valence-corrected chi connectivity index (χ1v) is 15.0. The maximum Gasteiger partial charge on any atom is 0.306 e. The second-order valence-electron chi connectivity index (χ2n) is 13.0. The van der Waals surface area contributed by atoms with E-state index in [1.165, 1.54) is 0 Å². The van der Waals surface area contributed by atoms with Crippen molar-refractivity contribution < 1.29 is 19.1 Å². The van der Waals surface area contributed by atoms with Crippen LogP contribution in [0.5, 0.6) is 0 Å². The topological polar surface area (TPSA) is 125 Å². The van der Waals surface area contributed by atoms with E-state index in [-0.39, 0.29) is 40.7 Å². The molecule has 0 fully saturated rings. The van der Waals surface area contributed by atoms with Gasteiger partial charge in [-0.3, -0.25) is 19.4 Å². The Balaban J connectivity index is 1.68. The number of hydrogen-bond donors (Lipinski definition) is 1. The number of nitrogens with zero attached hydrogens (tertiary/aromatic N) is 3. The molecule has 0 radical (unpaired) electrons. The highest BCUT2D eigenvalue weighted by Gasteiger charge is 2.32. The van der Waals surface area contributed by atoms with Crippen LogP contribution in [0.3, 0.4) is 0 Å². The van der Waals surface area contributed by atoms with Gasteiger partial charge in [-0.25, -0.2) is 9.97 Å². The fraction of sp³-hybridized carbons (Fsp3) is 0.529. The molecule has 2 heterocycles. The van der Waals surface area contributed by atoms with Crippen LogP contribution in [0.25, 0.3) is 10.9 Å². The summed E-state index contributed by atoms with van der Waals surface area (Å²) in [4.78, 5) is 52.0. The monoisotopic (exact) mass is 574 g/mol. The highest BCUT2D eigenvalue weighted by molar-refractivity contribution is 6.04. The molecule has 1 unspecified atom stereocenters. The SMILES string of the molecule is CCOC(=O)CC(CCCCCCc1nc(C(=O)C(C)(C)C)nc(C(=O)C(C)(C)C)c1N)c1cnc2ccccc2c1. The van der Waals surface area contributed by atoms with Gasteiger partial charge in [-0.1, -0.05) is 79.0 Å². The van der Waals surface area contributed by atoms with Gasteiger partial charge in [0.2, 0.25) is 5.78 Å². The summed E-state index contributed by atoms with van der Waals surface area (Å²) >= 11 is 0. The molecule has 0 aliphatic carbocycles. The van der Waals surface area contributed by atoms with Crippen LogP contribution >= 0.6 is 0 Å². The lowest BCUT2D eigenvalue weighted by atomic mass is 9.87. The van der Waals surface area contributed by atoms with Crippen LogP contribution in [-0.4, -0.2) is 39.1 Å². The van der Waals surface area contributed by atoms with Crippen molar-refractivity contribution in [1.82, 2.24) is 15.0 Å². The standard InChI is InChI=1S/C34H46N4O4/c1-8-42-27(39)20-22(24-19-23-16-13-14-17-25(23)36-21-24)15-11-9-10-12-18-26-28(35)29(30(40)33(2,3)4)38-32(37-26)31(41)34(5,6)7/h13-14,16-17,19,21-22H,8-12,15,18,20,35H2,1-7H3. The highest BCUT2D eigenvalue weighted by atomic mass is 16.5. The zero-order valence-corrected chi connectivity index (χ0v) is 26.3. The van der Waals surface area contributed by atoms with Gasteiger partial charge in [-0.15, -0.1) is 0 Å². The van der Waals surface area contributed by atoms with Gasteiger partial charge < -0.3 is 10.5 Å². The lowest BCUT2D eigenvalue weighted by Crippen LogP contribution is -2.28. The Morgan fingerprint density at radius 3 is 2.24 bits per heavy atom. The van der Waals surface area contributed by atoms with Gasteiger partial charge >= 0.3 is 5.97 Å². The number of rotatable bonds is 13. The average molecular weight is 575 g/mol. The molecule has 8 heteroatoms. The fourth-order valence-corrected chi connectivity index (χ4v) is 4.83. The summed E-state index contributed by atoms with van der Waals surface area (Å²) in [6, 6.07) is 10.1. The first-order valence-electron chi connectivity index (χ1n) is 15.0. The maximum atomic E-state index is 13.1. The van der Waals surface area contributed by atoms with Crippen LogP contribution in [0.15, 0.2) is 36.5 Å². The second kappa shape index (κ2) is 14.0. The van der Waals surface area contributed by atoms with Crippen molar-refractivity contribution in [3.8, 4) is 0 Å². The van der Waals surface area contributed by atoms with E-state index in [0.717, 1.165) is 48.6 Å². The van der Waals surface area contributed by atoms with Crippen molar-refractivity contribution >= 4 is 34.1 Å². The van der Waals surface area contributed by atoms with Gasteiger partial charge in [0.15, 0.2) is 11.6 Å². The van der Waals surface area contributed by atoms with E-state index in [4.69, 9.17) is 10.5 Å². The molecule has 226 valence electrons. The number of benzene rings is 1. The first-order chi connectivity index (χ1) is 19.7. The van der Waals surface area contributed by atoms with Crippen LogP contribution in [0.1, 0.15) is 125 Å². The molecule has 1 aromatic carbocycles. The zero-order valence-electron chi connectivity index (χ0n) is 26.3. The van der Waals surface area contributed by atoms with Crippen LogP contribution < -0.4 is 5.73 Å². The van der Waals surface area contributed by atoms with Crippen molar-refractivity contribution in [3.63, 3.8) is 0 Å². The quantitative estimate of drug-likeness (QED) is 0.128. The predicted molar refractivity (Wildman–Crippen MR) is 167 cm³/mol. The minimum Gasteiger partial charge on any atom is -0.466 e. The number of fused-ring (bicyclic) bond motifs is 1. The number of aryl methyl sites for hydroxylation is 1. The first kappa shape index (κ1) is 32.8. The number of aromatic nitrogens is 3. The Bertz CT molecular complexity index is 1420. The Morgan fingerprint density at radius 1 is 0.905 bits per heavy atom. The molecule has 3 aromatic rings. The van der Waals surface area contributed by atoms with Gasteiger partial charge in [0.1, 0.15) is 5.69 Å². The van der Waals surface area contributed by atoms with Gasteiger partial charge in [-0.05, 0) is 49.8 Å². The molecule has 8 nitrogen and oxygen atoms in total. The second-order valence-corrected chi connectivity index (χ2v) is 13.0. The lowest BCUT2D eigenvalue weighted by Gasteiger charge is -2.21. The summed E-state index contributed by atoms with van der Waals surface area (Å²) < 4.78 is 5.25. The Kier molecular flexibility index (Phi) is 10.9. The van der Waals surface area contributed by atoms with E-state index in [1.807, 2.05) is 78.9 Å². The molecule has 0 bridgehead atoms. The zero-order chi connectivity index (χ0) is 31.1. The third-order valence-electron chi connectivity index (χ3n) is 7.32. The van der Waals surface area contributed by atoms with E-state index < -0.39 is 10.8 Å². The number of anilines is 1. The number of ether oxygens (including phenoxy) is 1. The highest BCUT2D eigenvalue weighted by Crippen LogP contribution is 2.30. The Hall–Kier alpha value is -3.68. The Labute approximate surface area is 249 Å². The van der Waals surface area contributed by atoms with Crippen LogP contribution in [-0.2, 0) is 16.0 Å². The number of hydrogen-bond acceptors (Lipinski definition) is 8. The fourth-order valence-electron chi connectivity index (χ4n) is 4.83. The average Bonchev–Trinajstić information content (AvgIpc) is 2.93. The third kappa shape index (κ3) is 8.66.